The van der Waals surface area contributed by atoms with Crippen molar-refractivity contribution in [2.24, 2.45) is 5.73 Å². The van der Waals surface area contributed by atoms with Crippen LogP contribution in [0.3, 0.4) is 0 Å². The van der Waals surface area contributed by atoms with Crippen molar-refractivity contribution in [1.29, 1.82) is 5.41 Å². The second kappa shape index (κ2) is 8.01. The average molecular weight is 306 g/mol. The van der Waals surface area contributed by atoms with Crippen LogP contribution in [0, 0.1) is 5.41 Å². The highest BCUT2D eigenvalue weighted by molar-refractivity contribution is 8.13. The number of amidine groups is 1. The van der Waals surface area contributed by atoms with Gasteiger partial charge in [0.2, 0.25) is 0 Å². The van der Waals surface area contributed by atoms with E-state index in [0.717, 1.165) is 29.5 Å². The van der Waals surface area contributed by atoms with Crippen LogP contribution in [-0.4, -0.2) is 26.6 Å². The monoisotopic (exact) mass is 306 g/mol. The molecule has 20 heavy (non-hydrogen) atoms. The van der Waals surface area contributed by atoms with Crippen LogP contribution in [0.1, 0.15) is 11.1 Å². The fourth-order valence-electron chi connectivity index (χ4n) is 1.75. The third-order valence-electron chi connectivity index (χ3n) is 2.77. The summed E-state index contributed by atoms with van der Waals surface area (Å²) in [5, 5.41) is 8.33. The topological polar surface area (TPSA) is 78.6 Å². The van der Waals surface area contributed by atoms with Crippen molar-refractivity contribution in [1.82, 2.24) is 9.97 Å². The van der Waals surface area contributed by atoms with Gasteiger partial charge in [-0.3, -0.25) is 5.41 Å². The minimum atomic E-state index is 0.191. The maximum atomic E-state index is 7.16. The Morgan fingerprint density at radius 1 is 1.15 bits per heavy atom. The first-order valence-corrected chi connectivity index (χ1v) is 8.38. The molecule has 2 rings (SSSR count). The second-order valence-corrected chi connectivity index (χ2v) is 6.49. The SMILES string of the molecule is N=C(N)SCCc1ccc(CCSc2ncc[nH]2)cc1. The lowest BCUT2D eigenvalue weighted by Gasteiger charge is -2.04. The summed E-state index contributed by atoms with van der Waals surface area (Å²) in [4.78, 5) is 7.27. The molecular weight excluding hydrogens is 288 g/mol. The summed E-state index contributed by atoms with van der Waals surface area (Å²) in [6, 6.07) is 8.67. The number of H-pyrrole nitrogens is 1. The molecule has 0 amide bonds. The normalized spacial score (nSPS) is 10.6. The van der Waals surface area contributed by atoms with Crippen LogP contribution < -0.4 is 5.73 Å². The second-order valence-electron chi connectivity index (χ2n) is 4.27. The lowest BCUT2D eigenvalue weighted by atomic mass is 10.1. The van der Waals surface area contributed by atoms with Gasteiger partial charge in [0.05, 0.1) is 0 Å². The van der Waals surface area contributed by atoms with Gasteiger partial charge in [-0.05, 0) is 24.0 Å². The molecule has 1 aromatic heterocycles. The van der Waals surface area contributed by atoms with E-state index in [1.807, 2.05) is 6.20 Å². The third-order valence-corrected chi connectivity index (χ3v) is 4.40. The summed E-state index contributed by atoms with van der Waals surface area (Å²) in [7, 11) is 0. The van der Waals surface area contributed by atoms with E-state index < -0.39 is 0 Å². The van der Waals surface area contributed by atoms with Gasteiger partial charge in [-0.25, -0.2) is 4.98 Å². The quantitative estimate of drug-likeness (QED) is 0.417. The van der Waals surface area contributed by atoms with E-state index >= 15 is 0 Å². The molecule has 6 heteroatoms. The Bertz CT molecular complexity index is 523. The fraction of sp³-hybridized carbons (Fsp3) is 0.286. The average Bonchev–Trinajstić information content (AvgIpc) is 2.93. The number of nitrogens with one attached hydrogen (secondary N) is 2. The molecule has 0 bridgehead atoms. The Balaban J connectivity index is 1.72. The number of hydrogen-bond donors (Lipinski definition) is 3. The van der Waals surface area contributed by atoms with Crippen LogP contribution in [0.2, 0.25) is 0 Å². The molecule has 0 aliphatic heterocycles. The van der Waals surface area contributed by atoms with Crippen LogP contribution >= 0.6 is 23.5 Å². The lowest BCUT2D eigenvalue weighted by molar-refractivity contribution is 1.05. The molecule has 0 saturated carbocycles. The predicted octanol–water partition coefficient (Wildman–Crippen LogP) is 2.91. The lowest BCUT2D eigenvalue weighted by Crippen LogP contribution is -2.05. The molecule has 0 atom stereocenters. The number of aromatic nitrogens is 2. The number of imidazole rings is 1. The summed E-state index contributed by atoms with van der Waals surface area (Å²) in [5.74, 6) is 1.88. The van der Waals surface area contributed by atoms with Gasteiger partial charge in [-0.1, -0.05) is 47.8 Å². The fourth-order valence-corrected chi connectivity index (χ4v) is 3.12. The predicted molar refractivity (Wildman–Crippen MR) is 87.5 cm³/mol. The third kappa shape index (κ3) is 5.30. The van der Waals surface area contributed by atoms with Gasteiger partial charge < -0.3 is 10.7 Å². The number of aromatic amines is 1. The number of nitrogens with zero attached hydrogens (tertiary/aromatic N) is 1. The van der Waals surface area contributed by atoms with Crippen molar-refractivity contribution in [3.63, 3.8) is 0 Å². The van der Waals surface area contributed by atoms with E-state index in [1.54, 1.807) is 18.0 Å². The van der Waals surface area contributed by atoms with Crippen LogP contribution in [0.5, 0.6) is 0 Å². The van der Waals surface area contributed by atoms with Gasteiger partial charge in [0.15, 0.2) is 10.3 Å². The van der Waals surface area contributed by atoms with Gasteiger partial charge in [0.25, 0.3) is 0 Å². The van der Waals surface area contributed by atoms with Gasteiger partial charge in [0, 0.05) is 23.9 Å². The first-order chi connectivity index (χ1) is 9.74. The largest absolute Gasteiger partial charge is 0.379 e. The maximum absolute atomic E-state index is 7.16. The van der Waals surface area contributed by atoms with E-state index in [4.69, 9.17) is 11.1 Å². The van der Waals surface area contributed by atoms with E-state index in [2.05, 4.69) is 34.2 Å². The molecule has 0 radical (unpaired) electrons. The summed E-state index contributed by atoms with van der Waals surface area (Å²) in [6.45, 7) is 0. The standard InChI is InChI=1S/C14H18N4S2/c15-13(16)19-9-5-11-1-3-12(4-2-11)6-10-20-14-17-7-8-18-14/h1-4,7-8H,5-6,9-10H2,(H3,15,16)(H,17,18). The maximum Gasteiger partial charge on any atom is 0.165 e. The van der Waals surface area contributed by atoms with Gasteiger partial charge in [-0.15, -0.1) is 0 Å². The number of aryl methyl sites for hydroxylation is 2. The highest BCUT2D eigenvalue weighted by atomic mass is 32.2. The van der Waals surface area contributed by atoms with Gasteiger partial charge in [-0.2, -0.15) is 0 Å². The molecule has 0 aliphatic rings. The minimum Gasteiger partial charge on any atom is -0.379 e. The summed E-state index contributed by atoms with van der Waals surface area (Å²) in [5.41, 5.74) is 7.94. The van der Waals surface area contributed by atoms with E-state index in [0.29, 0.717) is 0 Å². The van der Waals surface area contributed by atoms with Crippen molar-refractivity contribution in [2.75, 3.05) is 11.5 Å². The Kier molecular flexibility index (Phi) is 6.01. The van der Waals surface area contributed by atoms with Crippen LogP contribution in [-0.2, 0) is 12.8 Å². The van der Waals surface area contributed by atoms with E-state index in [-0.39, 0.29) is 5.17 Å². The minimum absolute atomic E-state index is 0.191. The molecule has 0 saturated heterocycles. The number of rotatable bonds is 7. The molecule has 0 spiro atoms. The Morgan fingerprint density at radius 3 is 2.35 bits per heavy atom. The van der Waals surface area contributed by atoms with E-state index in [9.17, 15) is 0 Å². The first-order valence-electron chi connectivity index (χ1n) is 6.41. The van der Waals surface area contributed by atoms with Gasteiger partial charge >= 0.3 is 0 Å². The molecule has 106 valence electrons. The molecule has 1 aromatic carbocycles. The molecule has 1 heterocycles. The van der Waals surface area contributed by atoms with Crippen molar-refractivity contribution in [3.05, 3.63) is 47.8 Å². The zero-order valence-electron chi connectivity index (χ0n) is 11.1. The van der Waals surface area contributed by atoms with Crippen LogP contribution in [0.25, 0.3) is 0 Å². The highest BCUT2D eigenvalue weighted by Gasteiger charge is 1.99. The summed E-state index contributed by atoms with van der Waals surface area (Å²) >= 11 is 3.13. The van der Waals surface area contributed by atoms with Gasteiger partial charge in [0.1, 0.15) is 0 Å². The van der Waals surface area contributed by atoms with Crippen LogP contribution in [0.15, 0.2) is 41.8 Å². The zero-order chi connectivity index (χ0) is 14.2. The molecule has 2 aromatic rings. The number of benzene rings is 1. The molecule has 0 aliphatic carbocycles. The molecule has 0 fully saturated rings. The zero-order valence-corrected chi connectivity index (χ0v) is 12.8. The molecule has 0 unspecified atom stereocenters. The first kappa shape index (κ1) is 15.0. The molecule has 4 N–H and O–H groups in total. The smallest absolute Gasteiger partial charge is 0.165 e. The van der Waals surface area contributed by atoms with Crippen molar-refractivity contribution in [2.45, 2.75) is 18.0 Å². The molecule has 4 nitrogen and oxygen atoms in total. The molecular formula is C14H18N4S2. The summed E-state index contributed by atoms with van der Waals surface area (Å²) < 4.78 is 0. The number of thioether (sulfide) groups is 2. The Morgan fingerprint density at radius 2 is 1.80 bits per heavy atom. The van der Waals surface area contributed by atoms with E-state index in [1.165, 1.54) is 22.9 Å². The Hall–Kier alpha value is -1.40. The highest BCUT2D eigenvalue weighted by Crippen LogP contribution is 2.15. The number of nitrogens with two attached hydrogens (primary N) is 1. The van der Waals surface area contributed by atoms with Crippen molar-refractivity contribution >= 4 is 28.7 Å². The van der Waals surface area contributed by atoms with Crippen molar-refractivity contribution < 1.29 is 0 Å². The number of hydrogen-bond acceptors (Lipinski definition) is 4. The van der Waals surface area contributed by atoms with Crippen molar-refractivity contribution in [3.8, 4) is 0 Å². The Labute approximate surface area is 127 Å². The summed E-state index contributed by atoms with van der Waals surface area (Å²) in [6.07, 6.45) is 5.60. The van der Waals surface area contributed by atoms with Crippen LogP contribution in [0.4, 0.5) is 0 Å².